The predicted molar refractivity (Wildman–Crippen MR) is 275 cm³/mol. The molecule has 0 aromatic heterocycles. The van der Waals surface area contributed by atoms with Gasteiger partial charge in [0.25, 0.3) is 0 Å². The van der Waals surface area contributed by atoms with E-state index < -0.39 is 6.10 Å². The lowest BCUT2D eigenvalue weighted by molar-refractivity contribution is -0.167. The molecule has 0 fully saturated rings. The van der Waals surface area contributed by atoms with Crippen molar-refractivity contribution in [3.8, 4) is 0 Å². The average molecular weight is 906 g/mol. The molecule has 0 aromatic rings. The molecule has 0 aliphatic carbocycles. The van der Waals surface area contributed by atoms with E-state index in [2.05, 4.69) is 20.8 Å². The van der Waals surface area contributed by atoms with Crippen molar-refractivity contribution in [1.82, 2.24) is 0 Å². The minimum Gasteiger partial charge on any atom is -0.462 e. The van der Waals surface area contributed by atoms with Crippen molar-refractivity contribution in [3.63, 3.8) is 0 Å². The first kappa shape index (κ1) is 62.4. The van der Waals surface area contributed by atoms with Crippen LogP contribution < -0.4 is 0 Å². The molecule has 0 heterocycles. The lowest BCUT2D eigenvalue weighted by Crippen LogP contribution is -2.30. The van der Waals surface area contributed by atoms with Gasteiger partial charge in [-0.15, -0.1) is 0 Å². The molecule has 6 nitrogen and oxygen atoms in total. The van der Waals surface area contributed by atoms with Gasteiger partial charge < -0.3 is 14.2 Å². The second-order valence-corrected chi connectivity index (χ2v) is 19.9. The molecule has 0 saturated carbocycles. The van der Waals surface area contributed by atoms with Crippen LogP contribution in [0.15, 0.2) is 0 Å². The molecule has 0 aliphatic heterocycles. The van der Waals surface area contributed by atoms with Gasteiger partial charge in [0.2, 0.25) is 0 Å². The number of ether oxygens (including phenoxy) is 3. The van der Waals surface area contributed by atoms with Crippen molar-refractivity contribution in [2.75, 3.05) is 13.2 Å². The van der Waals surface area contributed by atoms with Gasteiger partial charge in [0.1, 0.15) is 13.2 Å². The van der Waals surface area contributed by atoms with Crippen LogP contribution in [0.2, 0.25) is 0 Å². The Morgan fingerprint density at radius 2 is 0.422 bits per heavy atom. The summed E-state index contributed by atoms with van der Waals surface area (Å²) in [5, 5.41) is 0. The maximum atomic E-state index is 12.7. The predicted octanol–water partition coefficient (Wildman–Crippen LogP) is 19.2. The SMILES string of the molecule is CCCCCCCCCCCCCCCCCCCCCCCCCCCCCCCC(=O)OCC(COC(=O)CCCCCCC)OC(=O)CCCCCCCCCCCCCC. The molecule has 0 rings (SSSR count). The molecule has 1 atom stereocenters. The van der Waals surface area contributed by atoms with E-state index in [4.69, 9.17) is 14.2 Å². The van der Waals surface area contributed by atoms with Gasteiger partial charge in [0.15, 0.2) is 6.10 Å². The summed E-state index contributed by atoms with van der Waals surface area (Å²) in [5.41, 5.74) is 0. The Morgan fingerprint density at radius 3 is 0.625 bits per heavy atom. The number of unbranched alkanes of at least 4 members (excludes halogenated alkanes) is 43. The fourth-order valence-corrected chi connectivity index (χ4v) is 8.98. The van der Waals surface area contributed by atoms with Gasteiger partial charge in [-0.25, -0.2) is 0 Å². The Bertz CT molecular complexity index is 951. The summed E-state index contributed by atoms with van der Waals surface area (Å²) in [5.74, 6) is -0.857. The van der Waals surface area contributed by atoms with Crippen molar-refractivity contribution < 1.29 is 28.6 Å². The van der Waals surface area contributed by atoms with E-state index in [9.17, 15) is 14.4 Å². The van der Waals surface area contributed by atoms with Crippen LogP contribution in [-0.2, 0) is 28.6 Å². The van der Waals surface area contributed by atoms with Gasteiger partial charge >= 0.3 is 17.9 Å². The number of carbonyl (C=O) groups is 3. The van der Waals surface area contributed by atoms with Crippen LogP contribution in [0.1, 0.15) is 335 Å². The highest BCUT2D eigenvalue weighted by molar-refractivity contribution is 5.71. The van der Waals surface area contributed by atoms with Crippen LogP contribution in [0, 0.1) is 0 Å². The Labute approximate surface area is 399 Å². The second-order valence-electron chi connectivity index (χ2n) is 19.9. The Hall–Kier alpha value is -1.59. The average Bonchev–Trinajstić information content (AvgIpc) is 3.29. The van der Waals surface area contributed by atoms with E-state index in [1.807, 2.05) is 0 Å². The highest BCUT2D eigenvalue weighted by Gasteiger charge is 2.19. The third-order valence-electron chi connectivity index (χ3n) is 13.4. The summed E-state index contributed by atoms with van der Waals surface area (Å²) >= 11 is 0. The van der Waals surface area contributed by atoms with Gasteiger partial charge in [-0.2, -0.15) is 0 Å². The molecule has 0 aromatic carbocycles. The second kappa shape index (κ2) is 54.0. The third kappa shape index (κ3) is 51.4. The summed E-state index contributed by atoms with van der Waals surface area (Å²) < 4.78 is 16.7. The first-order valence-corrected chi connectivity index (χ1v) is 29.0. The standard InChI is InChI=1S/C58H112O6/c1-4-7-10-13-15-17-19-21-22-23-24-25-26-27-28-29-30-31-32-33-34-35-36-37-39-40-42-45-48-51-57(60)63-54-55(53-62-56(59)50-47-44-12-9-6-3)64-58(61)52-49-46-43-41-38-20-18-16-14-11-8-5-2/h55H,4-54H2,1-3H3. The first-order chi connectivity index (χ1) is 31.5. The van der Waals surface area contributed by atoms with Gasteiger partial charge in [-0.1, -0.05) is 297 Å². The third-order valence-corrected chi connectivity index (χ3v) is 13.4. The molecule has 6 heteroatoms. The summed E-state index contributed by atoms with van der Waals surface area (Å²) in [7, 11) is 0. The smallest absolute Gasteiger partial charge is 0.306 e. The van der Waals surface area contributed by atoms with Crippen molar-refractivity contribution in [2.45, 2.75) is 341 Å². The Kier molecular flexibility index (Phi) is 52.7. The topological polar surface area (TPSA) is 78.9 Å². The Balaban J connectivity index is 3.87. The summed E-state index contributed by atoms with van der Waals surface area (Å²) in [6.45, 7) is 6.60. The van der Waals surface area contributed by atoms with Gasteiger partial charge in [0.05, 0.1) is 0 Å². The summed E-state index contributed by atoms with van der Waals surface area (Å²) in [6.07, 6.45) is 60.2. The molecule has 380 valence electrons. The zero-order valence-corrected chi connectivity index (χ0v) is 43.6. The fourth-order valence-electron chi connectivity index (χ4n) is 8.98. The number of hydrogen-bond donors (Lipinski definition) is 0. The molecule has 64 heavy (non-hydrogen) atoms. The normalized spacial score (nSPS) is 11.9. The molecular weight excluding hydrogens is 793 g/mol. The van der Waals surface area contributed by atoms with Gasteiger partial charge in [-0.05, 0) is 19.3 Å². The minimum atomic E-state index is -0.758. The maximum absolute atomic E-state index is 12.7. The van der Waals surface area contributed by atoms with Crippen molar-refractivity contribution in [3.05, 3.63) is 0 Å². The number of esters is 3. The van der Waals surface area contributed by atoms with Crippen LogP contribution in [0.3, 0.4) is 0 Å². The highest BCUT2D eigenvalue weighted by atomic mass is 16.6. The molecule has 0 amide bonds. The van der Waals surface area contributed by atoms with E-state index in [-0.39, 0.29) is 31.1 Å². The van der Waals surface area contributed by atoms with Crippen LogP contribution in [0.5, 0.6) is 0 Å². The van der Waals surface area contributed by atoms with Crippen molar-refractivity contribution in [1.29, 1.82) is 0 Å². The molecule has 0 radical (unpaired) electrons. The van der Waals surface area contributed by atoms with Crippen LogP contribution in [0.4, 0.5) is 0 Å². The lowest BCUT2D eigenvalue weighted by Gasteiger charge is -2.18. The van der Waals surface area contributed by atoms with E-state index >= 15 is 0 Å². The van der Waals surface area contributed by atoms with E-state index in [1.165, 1.54) is 231 Å². The number of carbonyl (C=O) groups excluding carboxylic acids is 3. The van der Waals surface area contributed by atoms with Crippen LogP contribution in [-0.4, -0.2) is 37.2 Å². The summed E-state index contributed by atoms with van der Waals surface area (Å²) in [6, 6.07) is 0. The molecule has 0 bridgehead atoms. The Morgan fingerprint density at radius 1 is 0.250 bits per heavy atom. The highest BCUT2D eigenvalue weighted by Crippen LogP contribution is 2.18. The molecule has 0 N–H and O–H groups in total. The quantitative estimate of drug-likeness (QED) is 0.0344. The molecule has 0 spiro atoms. The molecule has 0 saturated heterocycles. The summed E-state index contributed by atoms with van der Waals surface area (Å²) in [4.78, 5) is 37.7. The minimum absolute atomic E-state index is 0.0631. The van der Waals surface area contributed by atoms with E-state index in [1.54, 1.807) is 0 Å². The van der Waals surface area contributed by atoms with E-state index in [0.29, 0.717) is 19.3 Å². The largest absolute Gasteiger partial charge is 0.462 e. The zero-order valence-electron chi connectivity index (χ0n) is 43.6. The number of rotatable bonds is 54. The fraction of sp³-hybridized carbons (Fsp3) is 0.948. The molecule has 1 unspecified atom stereocenters. The zero-order chi connectivity index (χ0) is 46.5. The van der Waals surface area contributed by atoms with Crippen molar-refractivity contribution in [2.24, 2.45) is 0 Å². The van der Waals surface area contributed by atoms with Gasteiger partial charge in [0, 0.05) is 19.3 Å². The van der Waals surface area contributed by atoms with Crippen molar-refractivity contribution >= 4 is 17.9 Å². The van der Waals surface area contributed by atoms with E-state index in [0.717, 1.165) is 64.2 Å². The number of hydrogen-bond acceptors (Lipinski definition) is 6. The lowest BCUT2D eigenvalue weighted by atomic mass is 10.0. The van der Waals surface area contributed by atoms with Gasteiger partial charge in [-0.3, -0.25) is 14.4 Å². The first-order valence-electron chi connectivity index (χ1n) is 29.0. The molecule has 0 aliphatic rings. The van der Waals surface area contributed by atoms with Crippen LogP contribution in [0.25, 0.3) is 0 Å². The maximum Gasteiger partial charge on any atom is 0.306 e. The van der Waals surface area contributed by atoms with Crippen LogP contribution >= 0.6 is 0 Å². The monoisotopic (exact) mass is 905 g/mol. The molecular formula is C58H112O6.